The lowest BCUT2D eigenvalue weighted by Crippen LogP contribution is -2.37. The van der Waals surface area contributed by atoms with E-state index in [2.05, 4.69) is 25.5 Å². The molecule has 1 aromatic carbocycles. The van der Waals surface area contributed by atoms with Crippen LogP contribution in [0, 0.1) is 6.92 Å². The van der Waals surface area contributed by atoms with Crippen LogP contribution in [0.25, 0.3) is 17.0 Å². The summed E-state index contributed by atoms with van der Waals surface area (Å²) in [5.41, 5.74) is 2.75. The fourth-order valence-electron chi connectivity index (χ4n) is 2.93. The highest BCUT2D eigenvalue weighted by Gasteiger charge is 2.17. The molecule has 0 bridgehead atoms. The summed E-state index contributed by atoms with van der Waals surface area (Å²) in [6, 6.07) is 10.8. The van der Waals surface area contributed by atoms with Crippen molar-refractivity contribution in [3.8, 4) is 11.3 Å². The van der Waals surface area contributed by atoms with Gasteiger partial charge in [-0.1, -0.05) is 23.7 Å². The Hall–Kier alpha value is -3.26. The molecule has 1 N–H and O–H groups in total. The van der Waals surface area contributed by atoms with E-state index in [1.54, 1.807) is 22.9 Å². The van der Waals surface area contributed by atoms with Crippen LogP contribution in [0.3, 0.4) is 0 Å². The van der Waals surface area contributed by atoms with E-state index in [1.807, 2.05) is 38.2 Å². The number of carbonyl (C=O) groups is 1. The number of aryl methyl sites for hydroxylation is 1. The van der Waals surface area contributed by atoms with Crippen molar-refractivity contribution in [3.05, 3.63) is 65.3 Å². The van der Waals surface area contributed by atoms with E-state index in [-0.39, 0.29) is 11.9 Å². The average Bonchev–Trinajstić information content (AvgIpc) is 3.30. The third-order valence-corrected chi connectivity index (χ3v) is 4.49. The minimum Gasteiger partial charge on any atom is -0.346 e. The molecular weight excluding hydrogens is 378 g/mol. The van der Waals surface area contributed by atoms with Gasteiger partial charge in [0.15, 0.2) is 0 Å². The van der Waals surface area contributed by atoms with Crippen LogP contribution in [0.5, 0.6) is 0 Å². The largest absolute Gasteiger partial charge is 0.346 e. The molecule has 0 aliphatic rings. The predicted octanol–water partition coefficient (Wildman–Crippen LogP) is 2.77. The molecule has 8 nitrogen and oxygen atoms in total. The lowest BCUT2D eigenvalue weighted by molar-refractivity contribution is 0.0928. The summed E-state index contributed by atoms with van der Waals surface area (Å²) in [5.74, 6) is 0.0949. The number of nitrogens with zero attached hydrogens (tertiary/aromatic N) is 6. The summed E-state index contributed by atoms with van der Waals surface area (Å²) >= 11 is 5.97. The fourth-order valence-corrected chi connectivity index (χ4v) is 3.06. The monoisotopic (exact) mass is 395 g/mol. The number of halogens is 1. The van der Waals surface area contributed by atoms with Gasteiger partial charge < -0.3 is 5.32 Å². The van der Waals surface area contributed by atoms with Gasteiger partial charge in [0, 0.05) is 22.8 Å². The van der Waals surface area contributed by atoms with E-state index in [0.29, 0.717) is 28.7 Å². The number of fused-ring (bicyclic) bond motifs is 1. The van der Waals surface area contributed by atoms with Crippen molar-refractivity contribution in [1.82, 2.24) is 34.7 Å². The normalized spacial score (nSPS) is 12.2. The topological polar surface area (TPSA) is 90.0 Å². The standard InChI is InChI=1S/C19H18ClN7O/c1-12-7-8-26(25-12)10-13(2)23-18(28)17-9-16(14-3-5-15(20)6-4-14)24-19-21-11-22-27(17)19/h3-9,11,13H,10H2,1-2H3,(H,23,28)/t13-/m0/s1. The molecule has 142 valence electrons. The molecule has 0 aliphatic carbocycles. The van der Waals surface area contributed by atoms with Gasteiger partial charge in [0.2, 0.25) is 0 Å². The van der Waals surface area contributed by atoms with E-state index in [4.69, 9.17) is 11.6 Å². The molecule has 0 unspecified atom stereocenters. The van der Waals surface area contributed by atoms with E-state index < -0.39 is 0 Å². The van der Waals surface area contributed by atoms with Crippen molar-refractivity contribution in [2.45, 2.75) is 26.4 Å². The quantitative estimate of drug-likeness (QED) is 0.561. The van der Waals surface area contributed by atoms with Gasteiger partial charge in [-0.3, -0.25) is 9.48 Å². The first-order valence-electron chi connectivity index (χ1n) is 8.77. The second-order valence-electron chi connectivity index (χ2n) is 6.56. The van der Waals surface area contributed by atoms with Gasteiger partial charge in [-0.15, -0.1) is 0 Å². The van der Waals surface area contributed by atoms with Crippen LogP contribution in [-0.4, -0.2) is 41.3 Å². The Labute approximate surface area is 166 Å². The maximum absolute atomic E-state index is 12.9. The lowest BCUT2D eigenvalue weighted by Gasteiger charge is -2.15. The van der Waals surface area contributed by atoms with Gasteiger partial charge >= 0.3 is 0 Å². The van der Waals surface area contributed by atoms with Crippen molar-refractivity contribution < 1.29 is 4.79 Å². The zero-order chi connectivity index (χ0) is 19.7. The van der Waals surface area contributed by atoms with Crippen molar-refractivity contribution in [2.75, 3.05) is 0 Å². The average molecular weight is 396 g/mol. The first-order valence-corrected chi connectivity index (χ1v) is 9.15. The lowest BCUT2D eigenvalue weighted by atomic mass is 10.1. The van der Waals surface area contributed by atoms with Crippen LogP contribution in [-0.2, 0) is 6.54 Å². The van der Waals surface area contributed by atoms with Crippen LogP contribution in [0.1, 0.15) is 23.1 Å². The van der Waals surface area contributed by atoms with Crippen LogP contribution in [0.2, 0.25) is 5.02 Å². The number of amides is 1. The smallest absolute Gasteiger partial charge is 0.270 e. The highest BCUT2D eigenvalue weighted by Crippen LogP contribution is 2.21. The van der Waals surface area contributed by atoms with E-state index in [0.717, 1.165) is 11.3 Å². The molecule has 0 saturated carbocycles. The van der Waals surface area contributed by atoms with E-state index >= 15 is 0 Å². The van der Waals surface area contributed by atoms with Gasteiger partial charge in [0.05, 0.1) is 17.9 Å². The van der Waals surface area contributed by atoms with Gasteiger partial charge in [0.1, 0.15) is 12.0 Å². The molecule has 0 fully saturated rings. The number of rotatable bonds is 5. The second kappa shape index (κ2) is 7.40. The third-order valence-electron chi connectivity index (χ3n) is 4.24. The Morgan fingerprint density at radius 1 is 1.25 bits per heavy atom. The molecule has 0 saturated heterocycles. The van der Waals surface area contributed by atoms with Gasteiger partial charge in [0.25, 0.3) is 11.7 Å². The molecule has 9 heteroatoms. The van der Waals surface area contributed by atoms with Crippen LogP contribution < -0.4 is 5.32 Å². The zero-order valence-corrected chi connectivity index (χ0v) is 16.1. The Morgan fingerprint density at radius 2 is 2.04 bits per heavy atom. The second-order valence-corrected chi connectivity index (χ2v) is 7.00. The van der Waals surface area contributed by atoms with E-state index in [1.165, 1.54) is 10.8 Å². The Kier molecular flexibility index (Phi) is 4.79. The highest BCUT2D eigenvalue weighted by atomic mass is 35.5. The van der Waals surface area contributed by atoms with Crippen molar-refractivity contribution in [2.24, 2.45) is 0 Å². The number of benzene rings is 1. The molecule has 3 heterocycles. The molecule has 3 aromatic heterocycles. The van der Waals surface area contributed by atoms with Crippen LogP contribution in [0.4, 0.5) is 0 Å². The van der Waals surface area contributed by atoms with Crippen molar-refractivity contribution >= 4 is 23.3 Å². The molecule has 4 rings (SSSR count). The summed E-state index contributed by atoms with van der Waals surface area (Å²) in [5, 5.41) is 12.1. The van der Waals surface area contributed by atoms with Gasteiger partial charge in [-0.2, -0.15) is 19.7 Å². The maximum Gasteiger partial charge on any atom is 0.270 e. The summed E-state index contributed by atoms with van der Waals surface area (Å²) in [6.07, 6.45) is 3.26. The van der Waals surface area contributed by atoms with E-state index in [9.17, 15) is 4.79 Å². The summed E-state index contributed by atoms with van der Waals surface area (Å²) in [4.78, 5) is 21.5. The fraction of sp³-hybridized carbons (Fsp3) is 0.211. The predicted molar refractivity (Wildman–Crippen MR) is 105 cm³/mol. The number of hydrogen-bond acceptors (Lipinski definition) is 5. The van der Waals surface area contributed by atoms with Gasteiger partial charge in [-0.05, 0) is 38.1 Å². The minimum absolute atomic E-state index is 0.127. The Balaban J connectivity index is 1.62. The summed E-state index contributed by atoms with van der Waals surface area (Å²) in [7, 11) is 0. The maximum atomic E-state index is 12.9. The van der Waals surface area contributed by atoms with Crippen LogP contribution in [0.15, 0.2) is 48.9 Å². The molecule has 0 aliphatic heterocycles. The molecule has 1 amide bonds. The van der Waals surface area contributed by atoms with Crippen molar-refractivity contribution in [3.63, 3.8) is 0 Å². The molecule has 4 aromatic rings. The first kappa shape index (κ1) is 18.1. The van der Waals surface area contributed by atoms with Crippen molar-refractivity contribution in [1.29, 1.82) is 0 Å². The number of hydrogen-bond donors (Lipinski definition) is 1. The van der Waals surface area contributed by atoms with Gasteiger partial charge in [-0.25, -0.2) is 4.98 Å². The number of carbonyl (C=O) groups excluding carboxylic acids is 1. The third kappa shape index (κ3) is 3.72. The molecular formula is C19H18ClN7O. The van der Waals surface area contributed by atoms with Crippen LogP contribution >= 0.6 is 11.6 Å². The first-order chi connectivity index (χ1) is 13.5. The summed E-state index contributed by atoms with van der Waals surface area (Å²) < 4.78 is 3.23. The Morgan fingerprint density at radius 3 is 2.75 bits per heavy atom. The SMILES string of the molecule is Cc1ccn(C[C@H](C)NC(=O)c2cc(-c3ccc(Cl)cc3)nc3ncnn23)n1. The number of nitrogens with one attached hydrogen (secondary N) is 1. The molecule has 0 spiro atoms. The molecule has 1 atom stereocenters. The highest BCUT2D eigenvalue weighted by molar-refractivity contribution is 6.30. The zero-order valence-electron chi connectivity index (χ0n) is 15.4. The molecule has 28 heavy (non-hydrogen) atoms. The minimum atomic E-state index is -0.260. The molecule has 0 radical (unpaired) electrons. The Bertz CT molecular complexity index is 1130. The number of aromatic nitrogens is 6. The summed E-state index contributed by atoms with van der Waals surface area (Å²) in [6.45, 7) is 4.42.